The zero-order chi connectivity index (χ0) is 18.8. The topological polar surface area (TPSA) is 100 Å². The van der Waals surface area contributed by atoms with Crippen LogP contribution in [-0.4, -0.2) is 25.0 Å². The van der Waals surface area contributed by atoms with Crippen LogP contribution in [0.2, 0.25) is 5.02 Å². The van der Waals surface area contributed by atoms with Gasteiger partial charge in [0.25, 0.3) is 0 Å². The monoisotopic (exact) mass is 358 g/mol. The van der Waals surface area contributed by atoms with Gasteiger partial charge in [0.2, 0.25) is 0 Å². The van der Waals surface area contributed by atoms with Crippen molar-refractivity contribution >= 4 is 23.4 Å². The number of halogens is 1. The molecule has 0 fully saturated rings. The van der Waals surface area contributed by atoms with E-state index >= 15 is 0 Å². The maximum absolute atomic E-state index is 12.4. The zero-order valence-electron chi connectivity index (χ0n) is 13.7. The Morgan fingerprint density at radius 1 is 1.08 bits per heavy atom. The van der Waals surface area contributed by atoms with E-state index in [-0.39, 0.29) is 30.1 Å². The van der Waals surface area contributed by atoms with Crippen LogP contribution in [0.5, 0.6) is 0 Å². The summed E-state index contributed by atoms with van der Waals surface area (Å²) in [5, 5.41) is 18.6. The average molecular weight is 359 g/mol. The third kappa shape index (κ3) is 5.49. The second-order valence-corrected chi connectivity index (χ2v) is 4.95. The van der Waals surface area contributed by atoms with E-state index in [1.165, 1.54) is 24.3 Å². The molecular weight excluding hydrogens is 344 g/mol. The standard InChI is InChI=1S/C18H15ClN2O4/c1-3-24-17(13(10-20)11-21)15(18(23)25-4-2)9-16(22)12-5-7-14(19)8-6-12/h5-9H,3-4H2,1-2H3/b15-9+. The summed E-state index contributed by atoms with van der Waals surface area (Å²) < 4.78 is 10.2. The van der Waals surface area contributed by atoms with Gasteiger partial charge in [-0.1, -0.05) is 11.6 Å². The molecule has 0 saturated carbocycles. The molecule has 0 radical (unpaired) electrons. The van der Waals surface area contributed by atoms with Crippen LogP contribution in [0.25, 0.3) is 0 Å². The van der Waals surface area contributed by atoms with Crippen molar-refractivity contribution in [2.45, 2.75) is 13.8 Å². The van der Waals surface area contributed by atoms with E-state index in [0.717, 1.165) is 6.08 Å². The van der Waals surface area contributed by atoms with E-state index in [9.17, 15) is 9.59 Å². The summed E-state index contributed by atoms with van der Waals surface area (Å²) in [4.78, 5) is 24.6. The first-order valence-corrected chi connectivity index (χ1v) is 7.72. The van der Waals surface area contributed by atoms with Gasteiger partial charge < -0.3 is 9.47 Å². The summed E-state index contributed by atoms with van der Waals surface area (Å²) in [6.45, 7) is 3.36. The predicted octanol–water partition coefficient (Wildman–Crippen LogP) is 3.35. The van der Waals surface area contributed by atoms with Crippen molar-refractivity contribution in [3.8, 4) is 12.1 Å². The number of nitriles is 2. The Balaban J connectivity index is 3.46. The fourth-order valence-electron chi connectivity index (χ4n) is 1.81. The molecule has 128 valence electrons. The second-order valence-electron chi connectivity index (χ2n) is 4.51. The van der Waals surface area contributed by atoms with Gasteiger partial charge >= 0.3 is 5.97 Å². The Kier molecular flexibility index (Phi) is 7.92. The van der Waals surface area contributed by atoms with Gasteiger partial charge in [-0.3, -0.25) is 4.79 Å². The molecule has 1 aromatic carbocycles. The summed E-state index contributed by atoms with van der Waals surface area (Å²) in [5.74, 6) is -1.67. The summed E-state index contributed by atoms with van der Waals surface area (Å²) in [5.41, 5.74) is -0.440. The first-order valence-electron chi connectivity index (χ1n) is 7.34. The molecule has 1 rings (SSSR count). The minimum atomic E-state index is -0.865. The third-order valence-electron chi connectivity index (χ3n) is 2.88. The molecule has 0 spiro atoms. The fraction of sp³-hybridized carbons (Fsp3) is 0.222. The zero-order valence-corrected chi connectivity index (χ0v) is 14.5. The Bertz CT molecular complexity index is 780. The molecule has 0 amide bonds. The van der Waals surface area contributed by atoms with E-state index in [1.54, 1.807) is 26.0 Å². The minimum Gasteiger partial charge on any atom is -0.491 e. The van der Waals surface area contributed by atoms with Crippen molar-refractivity contribution in [2.75, 3.05) is 13.2 Å². The molecule has 0 aliphatic heterocycles. The Morgan fingerprint density at radius 2 is 1.64 bits per heavy atom. The first-order chi connectivity index (χ1) is 12.0. The second kappa shape index (κ2) is 9.92. The van der Waals surface area contributed by atoms with Crippen LogP contribution in [0.3, 0.4) is 0 Å². The smallest absolute Gasteiger partial charge is 0.342 e. The van der Waals surface area contributed by atoms with Crippen molar-refractivity contribution in [3.05, 3.63) is 57.8 Å². The molecule has 0 aliphatic carbocycles. The highest BCUT2D eigenvalue weighted by Gasteiger charge is 2.23. The van der Waals surface area contributed by atoms with Gasteiger partial charge in [0.1, 0.15) is 17.7 Å². The lowest BCUT2D eigenvalue weighted by Crippen LogP contribution is -2.15. The van der Waals surface area contributed by atoms with Gasteiger partial charge in [-0.05, 0) is 38.1 Å². The quantitative estimate of drug-likeness (QED) is 0.185. The van der Waals surface area contributed by atoms with Crippen molar-refractivity contribution in [1.29, 1.82) is 10.5 Å². The molecule has 0 atom stereocenters. The summed E-state index contributed by atoms with van der Waals surface area (Å²) in [7, 11) is 0. The number of nitrogens with zero attached hydrogens (tertiary/aromatic N) is 2. The molecule has 7 heteroatoms. The number of carbonyl (C=O) groups excluding carboxylic acids is 2. The van der Waals surface area contributed by atoms with Crippen molar-refractivity contribution in [2.24, 2.45) is 0 Å². The van der Waals surface area contributed by atoms with Crippen LogP contribution in [0.4, 0.5) is 0 Å². The van der Waals surface area contributed by atoms with Gasteiger partial charge in [0.15, 0.2) is 17.1 Å². The van der Waals surface area contributed by atoms with Crippen molar-refractivity contribution < 1.29 is 19.1 Å². The normalized spacial score (nSPS) is 10.2. The molecular formula is C18H15ClN2O4. The minimum absolute atomic E-state index is 0.0547. The highest BCUT2D eigenvalue weighted by atomic mass is 35.5. The summed E-state index contributed by atoms with van der Waals surface area (Å²) >= 11 is 5.78. The van der Waals surface area contributed by atoms with Crippen LogP contribution in [-0.2, 0) is 14.3 Å². The molecule has 6 nitrogen and oxygen atoms in total. The number of ether oxygens (including phenoxy) is 2. The number of allylic oxidation sites excluding steroid dienone is 2. The molecule has 1 aromatic rings. The van der Waals surface area contributed by atoms with Gasteiger partial charge in [-0.15, -0.1) is 0 Å². The molecule has 25 heavy (non-hydrogen) atoms. The van der Waals surface area contributed by atoms with E-state index in [1.807, 2.05) is 0 Å². The maximum Gasteiger partial charge on any atom is 0.342 e. The van der Waals surface area contributed by atoms with E-state index in [4.69, 9.17) is 31.6 Å². The number of ketones is 1. The number of rotatable bonds is 7. The van der Waals surface area contributed by atoms with E-state index < -0.39 is 17.3 Å². The molecule has 0 N–H and O–H groups in total. The van der Waals surface area contributed by atoms with Crippen molar-refractivity contribution in [1.82, 2.24) is 0 Å². The third-order valence-corrected chi connectivity index (χ3v) is 3.14. The molecule has 0 saturated heterocycles. The van der Waals surface area contributed by atoms with E-state index in [2.05, 4.69) is 0 Å². The molecule has 0 unspecified atom stereocenters. The molecule has 0 aromatic heterocycles. The van der Waals surface area contributed by atoms with E-state index in [0.29, 0.717) is 5.02 Å². The maximum atomic E-state index is 12.4. The van der Waals surface area contributed by atoms with Gasteiger partial charge in [-0.2, -0.15) is 10.5 Å². The summed E-state index contributed by atoms with van der Waals surface area (Å²) in [6.07, 6.45) is 0.987. The highest BCUT2D eigenvalue weighted by Crippen LogP contribution is 2.20. The Morgan fingerprint density at radius 3 is 2.12 bits per heavy atom. The highest BCUT2D eigenvalue weighted by molar-refractivity contribution is 6.30. The number of hydrogen-bond donors (Lipinski definition) is 0. The fourth-order valence-corrected chi connectivity index (χ4v) is 1.94. The van der Waals surface area contributed by atoms with Gasteiger partial charge in [-0.25, -0.2) is 4.79 Å². The summed E-state index contributed by atoms with van der Waals surface area (Å²) in [6, 6.07) is 9.34. The predicted molar refractivity (Wildman–Crippen MR) is 90.4 cm³/mol. The van der Waals surface area contributed by atoms with Crippen LogP contribution in [0.1, 0.15) is 24.2 Å². The number of benzene rings is 1. The lowest BCUT2D eigenvalue weighted by Gasteiger charge is -2.12. The lowest BCUT2D eigenvalue weighted by molar-refractivity contribution is -0.138. The van der Waals surface area contributed by atoms with Crippen LogP contribution >= 0.6 is 11.6 Å². The van der Waals surface area contributed by atoms with Gasteiger partial charge in [0.05, 0.1) is 13.2 Å². The SMILES string of the molecule is CCOC(=O)/C(=C/C(=O)c1ccc(Cl)cc1)C(OCC)=C(C#N)C#N. The number of hydrogen-bond acceptors (Lipinski definition) is 6. The molecule has 0 aliphatic rings. The molecule has 0 bridgehead atoms. The average Bonchev–Trinajstić information content (AvgIpc) is 2.60. The number of esters is 1. The Hall–Kier alpha value is -3.09. The number of carbonyl (C=O) groups is 2. The lowest BCUT2D eigenvalue weighted by atomic mass is 10.0. The van der Waals surface area contributed by atoms with Crippen LogP contribution in [0.15, 0.2) is 47.2 Å². The van der Waals surface area contributed by atoms with Crippen LogP contribution < -0.4 is 0 Å². The van der Waals surface area contributed by atoms with Crippen molar-refractivity contribution in [3.63, 3.8) is 0 Å². The largest absolute Gasteiger partial charge is 0.491 e. The van der Waals surface area contributed by atoms with Crippen LogP contribution in [0, 0.1) is 22.7 Å². The Labute approximate surface area is 150 Å². The molecule has 0 heterocycles. The first kappa shape index (κ1) is 20.0. The van der Waals surface area contributed by atoms with Gasteiger partial charge in [0, 0.05) is 16.7 Å².